The Balaban J connectivity index is 2.03. The Morgan fingerprint density at radius 2 is 2.29 bits per heavy atom. The van der Waals surface area contributed by atoms with Gasteiger partial charge in [-0.3, -0.25) is 4.79 Å². The number of terminal acetylenes is 1. The molecule has 2 atom stereocenters. The van der Waals surface area contributed by atoms with E-state index in [4.69, 9.17) is 12.2 Å². The smallest absolute Gasteiger partial charge is 0.231 e. The van der Waals surface area contributed by atoms with E-state index in [1.165, 1.54) is 0 Å². The lowest BCUT2D eigenvalue weighted by Gasteiger charge is -2.10. The molecular formula is C14H14N2O. The summed E-state index contributed by atoms with van der Waals surface area (Å²) < 4.78 is 0. The maximum atomic E-state index is 11.9. The molecule has 3 nitrogen and oxygen atoms in total. The monoisotopic (exact) mass is 226 g/mol. The van der Waals surface area contributed by atoms with Crippen LogP contribution < -0.4 is 11.1 Å². The molecule has 0 saturated carbocycles. The van der Waals surface area contributed by atoms with Gasteiger partial charge < -0.3 is 11.1 Å². The Morgan fingerprint density at radius 1 is 1.47 bits per heavy atom. The van der Waals surface area contributed by atoms with E-state index in [1.807, 2.05) is 30.4 Å². The largest absolute Gasteiger partial charge is 0.326 e. The van der Waals surface area contributed by atoms with Crippen molar-refractivity contribution in [1.82, 2.24) is 0 Å². The number of amides is 1. The van der Waals surface area contributed by atoms with Crippen LogP contribution in [-0.2, 0) is 4.79 Å². The minimum atomic E-state index is -0.139. The van der Waals surface area contributed by atoms with Crippen LogP contribution in [0.25, 0.3) is 0 Å². The standard InChI is InChI=1S/C14H14N2O/c1-2-10-4-3-5-13(8-10)16-14(17)11-6-7-12(15)9-11/h1,3-8,11-12H,9,15H2,(H,16,17). The summed E-state index contributed by atoms with van der Waals surface area (Å²) in [5.74, 6) is 2.35. The predicted octanol–water partition coefficient (Wildman–Crippen LogP) is 1.51. The third kappa shape index (κ3) is 2.74. The third-order valence-electron chi connectivity index (χ3n) is 2.75. The van der Waals surface area contributed by atoms with Crippen molar-refractivity contribution >= 4 is 11.6 Å². The van der Waals surface area contributed by atoms with Crippen LogP contribution in [-0.4, -0.2) is 11.9 Å². The maximum absolute atomic E-state index is 11.9. The van der Waals surface area contributed by atoms with Gasteiger partial charge in [0.2, 0.25) is 5.91 Å². The Bertz CT molecular complexity index is 499. The molecule has 0 saturated heterocycles. The van der Waals surface area contributed by atoms with Crippen LogP contribution in [0.3, 0.4) is 0 Å². The van der Waals surface area contributed by atoms with Gasteiger partial charge in [0.05, 0.1) is 5.92 Å². The fourth-order valence-corrected chi connectivity index (χ4v) is 1.84. The molecule has 0 aliphatic heterocycles. The molecule has 3 N–H and O–H groups in total. The number of anilines is 1. The lowest BCUT2D eigenvalue weighted by Crippen LogP contribution is -2.23. The molecule has 2 unspecified atom stereocenters. The number of benzene rings is 1. The second-order valence-corrected chi connectivity index (χ2v) is 4.11. The summed E-state index contributed by atoms with van der Waals surface area (Å²) in [6.45, 7) is 0. The van der Waals surface area contributed by atoms with Crippen molar-refractivity contribution in [3.8, 4) is 12.3 Å². The van der Waals surface area contributed by atoms with Gasteiger partial charge in [0.1, 0.15) is 0 Å². The molecule has 2 rings (SSSR count). The quantitative estimate of drug-likeness (QED) is 0.593. The van der Waals surface area contributed by atoms with Gasteiger partial charge in [-0.25, -0.2) is 0 Å². The fraction of sp³-hybridized carbons (Fsp3) is 0.214. The van der Waals surface area contributed by atoms with E-state index in [0.29, 0.717) is 6.42 Å². The highest BCUT2D eigenvalue weighted by Crippen LogP contribution is 2.19. The first-order valence-electron chi connectivity index (χ1n) is 5.50. The molecule has 0 aromatic heterocycles. The van der Waals surface area contributed by atoms with Gasteiger partial charge in [0.15, 0.2) is 0 Å². The van der Waals surface area contributed by atoms with E-state index in [1.54, 1.807) is 6.07 Å². The van der Waals surface area contributed by atoms with Gasteiger partial charge in [-0.05, 0) is 24.6 Å². The lowest BCUT2D eigenvalue weighted by atomic mass is 10.1. The number of rotatable bonds is 2. The highest BCUT2D eigenvalue weighted by atomic mass is 16.1. The van der Waals surface area contributed by atoms with E-state index < -0.39 is 0 Å². The van der Waals surface area contributed by atoms with E-state index in [9.17, 15) is 4.79 Å². The van der Waals surface area contributed by atoms with Crippen molar-refractivity contribution in [1.29, 1.82) is 0 Å². The van der Waals surface area contributed by atoms with Crippen molar-refractivity contribution in [2.75, 3.05) is 5.32 Å². The van der Waals surface area contributed by atoms with Gasteiger partial charge in [0, 0.05) is 17.3 Å². The Hall–Kier alpha value is -2.05. The molecule has 3 heteroatoms. The zero-order valence-corrected chi connectivity index (χ0v) is 9.39. The Labute approximate surface area is 101 Å². The highest BCUT2D eigenvalue weighted by molar-refractivity contribution is 5.94. The Kier molecular flexibility index (Phi) is 3.27. The topological polar surface area (TPSA) is 55.1 Å². The number of hydrogen-bond donors (Lipinski definition) is 2. The molecule has 1 aliphatic carbocycles. The SMILES string of the molecule is C#Cc1cccc(NC(=O)C2C=CC(N)C2)c1. The molecule has 0 fully saturated rings. The Morgan fingerprint density at radius 3 is 2.94 bits per heavy atom. The van der Waals surface area contributed by atoms with Crippen molar-refractivity contribution < 1.29 is 4.79 Å². The van der Waals surface area contributed by atoms with Gasteiger partial charge in [0.25, 0.3) is 0 Å². The minimum Gasteiger partial charge on any atom is -0.326 e. The fourth-order valence-electron chi connectivity index (χ4n) is 1.84. The molecule has 86 valence electrons. The van der Waals surface area contributed by atoms with Gasteiger partial charge in [-0.2, -0.15) is 0 Å². The first-order chi connectivity index (χ1) is 8.19. The summed E-state index contributed by atoms with van der Waals surface area (Å²) in [6, 6.07) is 7.22. The van der Waals surface area contributed by atoms with E-state index in [2.05, 4.69) is 11.2 Å². The number of carbonyl (C=O) groups excluding carboxylic acids is 1. The normalized spacial score (nSPS) is 22.1. The molecule has 0 radical (unpaired) electrons. The van der Waals surface area contributed by atoms with Crippen LogP contribution in [0.2, 0.25) is 0 Å². The number of carbonyl (C=O) groups is 1. The summed E-state index contributed by atoms with van der Waals surface area (Å²) in [5.41, 5.74) is 7.18. The molecule has 1 aliphatic rings. The number of nitrogens with two attached hydrogens (primary N) is 1. The van der Waals surface area contributed by atoms with Crippen molar-refractivity contribution in [2.45, 2.75) is 12.5 Å². The van der Waals surface area contributed by atoms with Crippen LogP contribution in [0.5, 0.6) is 0 Å². The summed E-state index contributed by atoms with van der Waals surface area (Å²) in [6.07, 6.45) is 9.68. The molecule has 1 amide bonds. The molecule has 0 spiro atoms. The highest BCUT2D eigenvalue weighted by Gasteiger charge is 2.22. The van der Waals surface area contributed by atoms with E-state index in [0.717, 1.165) is 11.3 Å². The molecular weight excluding hydrogens is 212 g/mol. The molecule has 0 bridgehead atoms. The zero-order valence-electron chi connectivity index (χ0n) is 9.39. The minimum absolute atomic E-state index is 0.0113. The van der Waals surface area contributed by atoms with Crippen molar-refractivity contribution in [3.05, 3.63) is 42.0 Å². The van der Waals surface area contributed by atoms with Crippen molar-refractivity contribution in [3.63, 3.8) is 0 Å². The van der Waals surface area contributed by atoms with Gasteiger partial charge >= 0.3 is 0 Å². The maximum Gasteiger partial charge on any atom is 0.231 e. The molecule has 1 aromatic rings. The zero-order chi connectivity index (χ0) is 12.3. The number of hydrogen-bond acceptors (Lipinski definition) is 2. The molecule has 17 heavy (non-hydrogen) atoms. The van der Waals surface area contributed by atoms with Crippen LogP contribution in [0.15, 0.2) is 36.4 Å². The lowest BCUT2D eigenvalue weighted by molar-refractivity contribution is -0.118. The second-order valence-electron chi connectivity index (χ2n) is 4.11. The van der Waals surface area contributed by atoms with Crippen LogP contribution in [0, 0.1) is 18.3 Å². The summed E-state index contributed by atoms with van der Waals surface area (Å²) in [5, 5.41) is 2.84. The summed E-state index contributed by atoms with van der Waals surface area (Å²) >= 11 is 0. The van der Waals surface area contributed by atoms with Crippen LogP contribution in [0.4, 0.5) is 5.69 Å². The average molecular weight is 226 g/mol. The summed E-state index contributed by atoms with van der Waals surface area (Å²) in [4.78, 5) is 11.9. The van der Waals surface area contributed by atoms with Crippen LogP contribution >= 0.6 is 0 Å². The van der Waals surface area contributed by atoms with E-state index >= 15 is 0 Å². The third-order valence-corrected chi connectivity index (χ3v) is 2.75. The summed E-state index contributed by atoms with van der Waals surface area (Å²) in [7, 11) is 0. The first kappa shape index (κ1) is 11.4. The van der Waals surface area contributed by atoms with Gasteiger partial charge in [-0.15, -0.1) is 6.42 Å². The molecule has 1 aromatic carbocycles. The average Bonchev–Trinajstić information content (AvgIpc) is 2.76. The predicted molar refractivity (Wildman–Crippen MR) is 68.2 cm³/mol. The molecule has 0 heterocycles. The number of nitrogens with one attached hydrogen (secondary N) is 1. The van der Waals surface area contributed by atoms with E-state index in [-0.39, 0.29) is 17.9 Å². The first-order valence-corrected chi connectivity index (χ1v) is 5.50. The van der Waals surface area contributed by atoms with Gasteiger partial charge in [-0.1, -0.05) is 24.1 Å². The second kappa shape index (κ2) is 4.86. The van der Waals surface area contributed by atoms with Crippen molar-refractivity contribution in [2.24, 2.45) is 11.7 Å². The van der Waals surface area contributed by atoms with Crippen LogP contribution in [0.1, 0.15) is 12.0 Å².